The molecule has 2 rings (SSSR count). The van der Waals surface area contributed by atoms with Crippen molar-refractivity contribution < 1.29 is 22.7 Å². The number of rotatable bonds is 7. The Labute approximate surface area is 156 Å². The van der Waals surface area contributed by atoms with Gasteiger partial charge in [0.25, 0.3) is 0 Å². The SMILES string of the molecule is C[C@H]1CC[C@H](N(CCCSc2ccccc2OC(F)(F)F)C(N)=O)CC1. The van der Waals surface area contributed by atoms with Crippen molar-refractivity contribution in [2.75, 3.05) is 12.3 Å². The van der Waals surface area contributed by atoms with Crippen LogP contribution in [0.15, 0.2) is 29.2 Å². The van der Waals surface area contributed by atoms with Crippen LogP contribution in [0.5, 0.6) is 5.75 Å². The van der Waals surface area contributed by atoms with Gasteiger partial charge in [0, 0.05) is 17.5 Å². The summed E-state index contributed by atoms with van der Waals surface area (Å²) in [4.78, 5) is 13.9. The molecule has 26 heavy (non-hydrogen) atoms. The third-order valence-electron chi connectivity index (χ3n) is 4.58. The highest BCUT2D eigenvalue weighted by molar-refractivity contribution is 7.99. The fraction of sp³-hybridized carbons (Fsp3) is 0.611. The lowest BCUT2D eigenvalue weighted by Gasteiger charge is -2.35. The number of thioether (sulfide) groups is 1. The summed E-state index contributed by atoms with van der Waals surface area (Å²) in [6.07, 6.45) is 0.0350. The minimum Gasteiger partial charge on any atom is -0.405 e. The van der Waals surface area contributed by atoms with Gasteiger partial charge in [0.15, 0.2) is 0 Å². The normalized spacial score (nSPS) is 20.6. The van der Waals surface area contributed by atoms with Crippen molar-refractivity contribution in [2.45, 2.75) is 56.3 Å². The number of hydrogen-bond donors (Lipinski definition) is 1. The highest BCUT2D eigenvalue weighted by Crippen LogP contribution is 2.33. The van der Waals surface area contributed by atoms with E-state index in [2.05, 4.69) is 11.7 Å². The predicted octanol–water partition coefficient (Wildman–Crippen LogP) is 5.03. The maximum atomic E-state index is 12.4. The topological polar surface area (TPSA) is 55.6 Å². The highest BCUT2D eigenvalue weighted by atomic mass is 32.2. The molecule has 1 aromatic rings. The molecule has 146 valence electrons. The minimum absolute atomic E-state index is 0.176. The predicted molar refractivity (Wildman–Crippen MR) is 96.2 cm³/mol. The van der Waals surface area contributed by atoms with E-state index >= 15 is 0 Å². The van der Waals surface area contributed by atoms with Crippen LogP contribution in [0.3, 0.4) is 0 Å². The summed E-state index contributed by atoms with van der Waals surface area (Å²) in [6.45, 7) is 2.73. The molecular formula is C18H25F3N2O2S. The van der Waals surface area contributed by atoms with E-state index in [9.17, 15) is 18.0 Å². The van der Waals surface area contributed by atoms with Gasteiger partial charge in [-0.2, -0.15) is 0 Å². The van der Waals surface area contributed by atoms with E-state index in [-0.39, 0.29) is 11.8 Å². The van der Waals surface area contributed by atoms with E-state index in [1.807, 2.05) is 0 Å². The molecule has 0 spiro atoms. The fourth-order valence-electron chi connectivity index (χ4n) is 3.22. The van der Waals surface area contributed by atoms with Gasteiger partial charge in [0.1, 0.15) is 5.75 Å². The number of nitrogens with zero attached hydrogens (tertiary/aromatic N) is 1. The number of amides is 2. The molecule has 1 saturated carbocycles. The molecular weight excluding hydrogens is 365 g/mol. The molecule has 0 bridgehead atoms. The van der Waals surface area contributed by atoms with E-state index in [0.29, 0.717) is 29.5 Å². The second-order valence-corrected chi connectivity index (χ2v) is 7.78. The highest BCUT2D eigenvalue weighted by Gasteiger charge is 2.32. The minimum atomic E-state index is -4.71. The third kappa shape index (κ3) is 6.63. The van der Waals surface area contributed by atoms with E-state index in [1.54, 1.807) is 17.0 Å². The Balaban J connectivity index is 1.84. The molecule has 0 atom stereocenters. The molecule has 0 saturated heterocycles. The molecule has 0 radical (unpaired) electrons. The van der Waals surface area contributed by atoms with Crippen LogP contribution in [0.2, 0.25) is 0 Å². The zero-order valence-electron chi connectivity index (χ0n) is 14.8. The summed E-state index contributed by atoms with van der Waals surface area (Å²) < 4.78 is 41.4. The molecule has 0 aliphatic heterocycles. The molecule has 1 aromatic carbocycles. The fourth-order valence-corrected chi connectivity index (χ4v) is 4.14. The summed E-state index contributed by atoms with van der Waals surface area (Å²) in [6, 6.07) is 5.83. The lowest BCUT2D eigenvalue weighted by Crippen LogP contribution is -2.45. The summed E-state index contributed by atoms with van der Waals surface area (Å²) >= 11 is 1.28. The van der Waals surface area contributed by atoms with Crippen LogP contribution < -0.4 is 10.5 Å². The second-order valence-electron chi connectivity index (χ2n) is 6.64. The van der Waals surface area contributed by atoms with E-state index in [1.165, 1.54) is 23.9 Å². The van der Waals surface area contributed by atoms with Crippen LogP contribution in [0.4, 0.5) is 18.0 Å². The van der Waals surface area contributed by atoms with Crippen molar-refractivity contribution in [3.63, 3.8) is 0 Å². The van der Waals surface area contributed by atoms with E-state index < -0.39 is 12.4 Å². The van der Waals surface area contributed by atoms with Gasteiger partial charge in [-0.3, -0.25) is 0 Å². The number of nitrogens with two attached hydrogens (primary N) is 1. The van der Waals surface area contributed by atoms with Gasteiger partial charge in [-0.05, 0) is 55.9 Å². The van der Waals surface area contributed by atoms with Gasteiger partial charge in [-0.1, -0.05) is 19.1 Å². The monoisotopic (exact) mass is 390 g/mol. The van der Waals surface area contributed by atoms with Gasteiger partial charge < -0.3 is 15.4 Å². The number of ether oxygens (including phenoxy) is 1. The molecule has 2 N–H and O–H groups in total. The maximum absolute atomic E-state index is 12.4. The van der Waals surface area contributed by atoms with Crippen LogP contribution in [0.1, 0.15) is 39.0 Å². The number of halogens is 3. The molecule has 1 aliphatic rings. The Hall–Kier alpha value is -1.57. The summed E-state index contributed by atoms with van der Waals surface area (Å²) in [5.41, 5.74) is 5.52. The lowest BCUT2D eigenvalue weighted by molar-refractivity contribution is -0.275. The van der Waals surface area contributed by atoms with Gasteiger partial charge in [0.05, 0.1) is 0 Å². The van der Waals surface area contributed by atoms with Gasteiger partial charge >= 0.3 is 12.4 Å². The Morgan fingerprint density at radius 3 is 2.54 bits per heavy atom. The molecule has 0 aromatic heterocycles. The summed E-state index contributed by atoms with van der Waals surface area (Å²) in [5, 5.41) is 0. The van der Waals surface area contributed by atoms with Gasteiger partial charge in [0.2, 0.25) is 0 Å². The van der Waals surface area contributed by atoms with Crippen molar-refractivity contribution in [3.8, 4) is 5.75 Å². The number of carbonyl (C=O) groups is 1. The smallest absolute Gasteiger partial charge is 0.405 e. The van der Waals surface area contributed by atoms with Crippen molar-refractivity contribution in [3.05, 3.63) is 24.3 Å². The molecule has 8 heteroatoms. The third-order valence-corrected chi connectivity index (χ3v) is 5.73. The summed E-state index contributed by atoms with van der Waals surface area (Å²) in [5.74, 6) is 1.06. The number of para-hydroxylation sites is 1. The van der Waals surface area contributed by atoms with Crippen molar-refractivity contribution >= 4 is 17.8 Å². The Morgan fingerprint density at radius 2 is 1.92 bits per heavy atom. The first-order chi connectivity index (χ1) is 12.3. The molecule has 1 aliphatic carbocycles. The Morgan fingerprint density at radius 1 is 1.27 bits per heavy atom. The van der Waals surface area contributed by atoms with Crippen LogP contribution in [0, 0.1) is 5.92 Å². The number of carbonyl (C=O) groups excluding carboxylic acids is 1. The van der Waals surface area contributed by atoms with Crippen molar-refractivity contribution in [1.29, 1.82) is 0 Å². The molecule has 4 nitrogen and oxygen atoms in total. The first-order valence-electron chi connectivity index (χ1n) is 8.80. The average molecular weight is 390 g/mol. The molecule has 0 heterocycles. The standard InChI is InChI=1S/C18H25F3N2O2S/c1-13-7-9-14(10-8-13)23(17(22)24)11-4-12-26-16-6-3-2-5-15(16)25-18(19,20)21/h2-3,5-6,13-14H,4,7-12H2,1H3,(H2,22,24)/t13-,14-. The Bertz CT molecular complexity index is 590. The van der Waals surface area contributed by atoms with Gasteiger partial charge in [-0.25, -0.2) is 4.79 Å². The quantitative estimate of drug-likeness (QED) is 0.525. The van der Waals surface area contributed by atoms with E-state index in [0.717, 1.165) is 25.7 Å². The summed E-state index contributed by atoms with van der Waals surface area (Å²) in [7, 11) is 0. The molecule has 0 unspecified atom stereocenters. The van der Waals surface area contributed by atoms with Gasteiger partial charge in [-0.15, -0.1) is 24.9 Å². The Kier molecular flexibility index (Phi) is 7.49. The number of benzene rings is 1. The molecule has 2 amide bonds. The van der Waals surface area contributed by atoms with Crippen LogP contribution in [-0.4, -0.2) is 35.6 Å². The lowest BCUT2D eigenvalue weighted by atomic mass is 9.86. The maximum Gasteiger partial charge on any atom is 0.573 e. The van der Waals surface area contributed by atoms with Crippen LogP contribution in [-0.2, 0) is 0 Å². The first kappa shape index (κ1) is 20.7. The first-order valence-corrected chi connectivity index (χ1v) is 9.78. The van der Waals surface area contributed by atoms with E-state index in [4.69, 9.17) is 5.73 Å². The number of alkyl halides is 3. The number of hydrogen-bond acceptors (Lipinski definition) is 3. The zero-order valence-corrected chi connectivity index (χ0v) is 15.6. The zero-order chi connectivity index (χ0) is 19.2. The molecule has 1 fully saturated rings. The van der Waals surface area contributed by atoms with Crippen LogP contribution >= 0.6 is 11.8 Å². The number of urea groups is 1. The van der Waals surface area contributed by atoms with Crippen molar-refractivity contribution in [2.24, 2.45) is 11.7 Å². The second kappa shape index (κ2) is 9.39. The number of primary amides is 1. The van der Waals surface area contributed by atoms with Crippen LogP contribution in [0.25, 0.3) is 0 Å². The van der Waals surface area contributed by atoms with Crippen molar-refractivity contribution in [1.82, 2.24) is 4.90 Å². The largest absolute Gasteiger partial charge is 0.573 e. The average Bonchev–Trinajstić information content (AvgIpc) is 2.56.